The maximum Gasteiger partial charge on any atom is 0.419 e. The van der Waals surface area contributed by atoms with Crippen LogP contribution in [0.5, 0.6) is 0 Å². The van der Waals surface area contributed by atoms with Crippen LogP contribution in [-0.4, -0.2) is 14.8 Å². The van der Waals surface area contributed by atoms with Crippen LogP contribution in [0, 0.1) is 18.6 Å². The molecule has 0 atom stereocenters. The van der Waals surface area contributed by atoms with Crippen molar-refractivity contribution < 1.29 is 22.0 Å². The first-order valence-corrected chi connectivity index (χ1v) is 10.1. The van der Waals surface area contributed by atoms with Gasteiger partial charge >= 0.3 is 6.18 Å². The summed E-state index contributed by atoms with van der Waals surface area (Å²) in [5, 5.41) is 6.03. The highest BCUT2D eigenvalue weighted by Crippen LogP contribution is 2.42. The van der Waals surface area contributed by atoms with Crippen molar-refractivity contribution in [3.8, 4) is 33.2 Å². The van der Waals surface area contributed by atoms with E-state index < -0.39 is 23.4 Å². The van der Waals surface area contributed by atoms with E-state index in [-0.39, 0.29) is 22.0 Å². The number of benzene rings is 2. The fourth-order valence-corrected chi connectivity index (χ4v) is 4.60. The second-order valence-electron chi connectivity index (χ2n) is 6.75. The van der Waals surface area contributed by atoms with Gasteiger partial charge in [-0.15, -0.1) is 11.3 Å². The summed E-state index contributed by atoms with van der Waals surface area (Å²) < 4.78 is 69.6. The monoisotopic (exact) mass is 469 g/mol. The number of hydrogen-bond donors (Lipinski definition) is 0. The van der Waals surface area contributed by atoms with E-state index in [1.807, 2.05) is 0 Å². The minimum atomic E-state index is -4.80. The van der Waals surface area contributed by atoms with E-state index in [0.717, 1.165) is 11.3 Å². The summed E-state index contributed by atoms with van der Waals surface area (Å²) in [5.74, 6) is -1.50. The summed E-state index contributed by atoms with van der Waals surface area (Å²) in [6, 6.07) is 7.39. The Bertz CT molecular complexity index is 1270. The third-order valence-electron chi connectivity index (χ3n) is 4.78. The Hall–Kier alpha value is -2.78. The van der Waals surface area contributed by atoms with Crippen molar-refractivity contribution in [1.29, 1.82) is 0 Å². The van der Waals surface area contributed by atoms with Gasteiger partial charge in [-0.05, 0) is 30.7 Å². The van der Waals surface area contributed by atoms with E-state index in [9.17, 15) is 22.0 Å². The Labute approximate surface area is 182 Å². The number of nitrogens with zero attached hydrogens (tertiary/aromatic N) is 3. The SMILES string of the molecule is Cc1c(-c2nc(-c3c(F)cccc3Cl)nn2C)csc1-c1cccc(C(F)(F)F)c1F. The van der Waals surface area contributed by atoms with Crippen LogP contribution in [-0.2, 0) is 13.2 Å². The maximum absolute atomic E-state index is 14.6. The van der Waals surface area contributed by atoms with Gasteiger partial charge in [0.05, 0.1) is 16.1 Å². The summed E-state index contributed by atoms with van der Waals surface area (Å²) in [4.78, 5) is 4.72. The number of hydrogen-bond acceptors (Lipinski definition) is 3. The van der Waals surface area contributed by atoms with Gasteiger partial charge in [0.2, 0.25) is 0 Å². The van der Waals surface area contributed by atoms with Crippen LogP contribution in [0.2, 0.25) is 5.02 Å². The fourth-order valence-electron chi connectivity index (χ4n) is 3.27. The van der Waals surface area contributed by atoms with Crippen LogP contribution < -0.4 is 0 Å². The summed E-state index contributed by atoms with van der Waals surface area (Å²) in [6.45, 7) is 1.66. The summed E-state index contributed by atoms with van der Waals surface area (Å²) in [5.41, 5.74) is -0.351. The lowest BCUT2D eigenvalue weighted by molar-refractivity contribution is -0.139. The standard InChI is InChI=1S/C21H13ClF5N3S/c1-10-12(9-31-18(10)11-5-3-6-13(17(11)24)21(25,26)27)20-28-19(29-30(20)2)16-14(22)7-4-8-15(16)23/h3-9H,1-2H3. The molecule has 0 saturated heterocycles. The summed E-state index contributed by atoms with van der Waals surface area (Å²) in [6.07, 6.45) is -4.80. The normalized spacial score (nSPS) is 11.9. The number of thiophene rings is 1. The van der Waals surface area contributed by atoms with E-state index in [1.165, 1.54) is 35.0 Å². The fraction of sp³-hybridized carbons (Fsp3) is 0.143. The molecule has 4 aromatic rings. The molecule has 0 aliphatic heterocycles. The van der Waals surface area contributed by atoms with E-state index in [1.54, 1.807) is 19.4 Å². The predicted octanol–water partition coefficient (Wildman–Crippen LogP) is 7.14. The van der Waals surface area contributed by atoms with Gasteiger partial charge in [0.25, 0.3) is 0 Å². The molecule has 0 radical (unpaired) electrons. The molecule has 160 valence electrons. The Morgan fingerprint density at radius 2 is 1.74 bits per heavy atom. The van der Waals surface area contributed by atoms with E-state index in [0.29, 0.717) is 27.9 Å². The van der Waals surface area contributed by atoms with Crippen LogP contribution in [0.15, 0.2) is 41.8 Å². The van der Waals surface area contributed by atoms with Crippen molar-refractivity contribution in [2.24, 2.45) is 7.05 Å². The molecule has 0 aliphatic carbocycles. The Kier molecular flexibility index (Phi) is 5.35. The molecule has 31 heavy (non-hydrogen) atoms. The summed E-state index contributed by atoms with van der Waals surface area (Å²) in [7, 11) is 1.60. The lowest BCUT2D eigenvalue weighted by atomic mass is 10.0. The molecular formula is C21H13ClF5N3S. The molecule has 0 spiro atoms. The average Bonchev–Trinajstić information content (AvgIpc) is 3.23. The molecule has 0 amide bonds. The molecule has 3 nitrogen and oxygen atoms in total. The number of aromatic nitrogens is 3. The minimum absolute atomic E-state index is 0.0445. The number of alkyl halides is 3. The lowest BCUT2D eigenvalue weighted by Crippen LogP contribution is -2.08. The van der Waals surface area contributed by atoms with Crippen LogP contribution in [0.1, 0.15) is 11.1 Å². The first-order chi connectivity index (χ1) is 14.6. The second-order valence-corrected chi connectivity index (χ2v) is 8.03. The number of aryl methyl sites for hydroxylation is 1. The van der Waals surface area contributed by atoms with Gasteiger partial charge in [0.15, 0.2) is 11.6 Å². The quantitative estimate of drug-likeness (QED) is 0.299. The number of halogens is 6. The van der Waals surface area contributed by atoms with Crippen molar-refractivity contribution in [3.05, 3.63) is 69.6 Å². The van der Waals surface area contributed by atoms with Crippen LogP contribution in [0.25, 0.3) is 33.2 Å². The summed E-state index contributed by atoms with van der Waals surface area (Å²) >= 11 is 7.18. The topological polar surface area (TPSA) is 30.7 Å². The smallest absolute Gasteiger partial charge is 0.248 e. The van der Waals surface area contributed by atoms with Crippen molar-refractivity contribution in [2.45, 2.75) is 13.1 Å². The zero-order chi connectivity index (χ0) is 22.5. The average molecular weight is 470 g/mol. The lowest BCUT2D eigenvalue weighted by Gasteiger charge is -2.11. The molecule has 0 saturated carbocycles. The highest BCUT2D eigenvalue weighted by atomic mass is 35.5. The molecule has 0 N–H and O–H groups in total. The van der Waals surface area contributed by atoms with E-state index in [4.69, 9.17) is 11.6 Å². The first-order valence-electron chi connectivity index (χ1n) is 8.89. The molecule has 0 unspecified atom stereocenters. The number of rotatable bonds is 3. The van der Waals surface area contributed by atoms with Gasteiger partial charge in [0, 0.05) is 28.4 Å². The van der Waals surface area contributed by atoms with Gasteiger partial charge in [-0.25, -0.2) is 18.4 Å². The molecule has 2 heterocycles. The molecule has 4 rings (SSSR count). The predicted molar refractivity (Wildman–Crippen MR) is 110 cm³/mol. The van der Waals surface area contributed by atoms with Gasteiger partial charge in [-0.2, -0.15) is 18.3 Å². The largest absolute Gasteiger partial charge is 0.419 e. The molecule has 0 bridgehead atoms. The Balaban J connectivity index is 1.82. The van der Waals surface area contributed by atoms with Gasteiger partial charge in [-0.1, -0.05) is 29.8 Å². The van der Waals surface area contributed by atoms with Crippen LogP contribution in [0.4, 0.5) is 22.0 Å². The molecule has 10 heteroatoms. The van der Waals surface area contributed by atoms with Crippen molar-refractivity contribution in [1.82, 2.24) is 14.8 Å². The van der Waals surface area contributed by atoms with Crippen LogP contribution in [0.3, 0.4) is 0 Å². The highest BCUT2D eigenvalue weighted by molar-refractivity contribution is 7.14. The van der Waals surface area contributed by atoms with Crippen molar-refractivity contribution in [3.63, 3.8) is 0 Å². The Morgan fingerprint density at radius 1 is 1.03 bits per heavy atom. The zero-order valence-corrected chi connectivity index (χ0v) is 17.6. The van der Waals surface area contributed by atoms with Crippen molar-refractivity contribution in [2.75, 3.05) is 0 Å². The van der Waals surface area contributed by atoms with Gasteiger partial charge in [-0.3, -0.25) is 0 Å². The molecule has 2 aromatic carbocycles. The Morgan fingerprint density at radius 3 is 2.42 bits per heavy atom. The third-order valence-corrected chi connectivity index (χ3v) is 6.21. The molecular weight excluding hydrogens is 457 g/mol. The van der Waals surface area contributed by atoms with E-state index in [2.05, 4.69) is 10.1 Å². The second kappa shape index (κ2) is 7.72. The molecule has 2 aromatic heterocycles. The highest BCUT2D eigenvalue weighted by Gasteiger charge is 2.35. The third kappa shape index (κ3) is 3.72. The zero-order valence-electron chi connectivity index (χ0n) is 16.1. The maximum atomic E-state index is 14.6. The minimum Gasteiger partial charge on any atom is -0.248 e. The van der Waals surface area contributed by atoms with Crippen LogP contribution >= 0.6 is 22.9 Å². The molecule has 0 fully saturated rings. The van der Waals surface area contributed by atoms with E-state index >= 15 is 0 Å². The van der Waals surface area contributed by atoms with Gasteiger partial charge in [0.1, 0.15) is 11.6 Å². The first kappa shape index (κ1) is 21.5. The van der Waals surface area contributed by atoms with Gasteiger partial charge < -0.3 is 0 Å². The molecule has 0 aliphatic rings. The van der Waals surface area contributed by atoms with Crippen molar-refractivity contribution >= 4 is 22.9 Å².